The summed E-state index contributed by atoms with van der Waals surface area (Å²) in [5.74, 6) is -3.08. The second-order valence-electron chi connectivity index (χ2n) is 10.5. The lowest BCUT2D eigenvalue weighted by molar-refractivity contribution is -0.143. The molecule has 3 aromatic carbocycles. The van der Waals surface area contributed by atoms with Gasteiger partial charge in [0.2, 0.25) is 10.0 Å². The summed E-state index contributed by atoms with van der Waals surface area (Å²) >= 11 is 5.99. The average molecular weight is 583 g/mol. The number of halogens is 1. The SMILES string of the molecule is O=C(O)[C@H]1CCCN(CCN(C2(C(=O)O)CC2c2ccccc2)S(=O)(=O)c2ccc(-c3ccc(Cl)cc3)cc2)C1. The van der Waals surface area contributed by atoms with Crippen LogP contribution < -0.4 is 0 Å². The van der Waals surface area contributed by atoms with E-state index in [2.05, 4.69) is 0 Å². The van der Waals surface area contributed by atoms with Gasteiger partial charge in [0.15, 0.2) is 0 Å². The summed E-state index contributed by atoms with van der Waals surface area (Å²) in [5, 5.41) is 20.6. The van der Waals surface area contributed by atoms with Crippen LogP contribution in [0.1, 0.15) is 30.7 Å². The Balaban J connectivity index is 1.47. The number of hydrogen-bond donors (Lipinski definition) is 2. The van der Waals surface area contributed by atoms with Gasteiger partial charge in [-0.15, -0.1) is 0 Å². The lowest BCUT2D eigenvalue weighted by atomic mass is 9.98. The number of hydrogen-bond acceptors (Lipinski definition) is 5. The third-order valence-electron chi connectivity index (χ3n) is 8.04. The van der Waals surface area contributed by atoms with Crippen molar-refractivity contribution in [1.29, 1.82) is 0 Å². The molecular weight excluding hydrogens is 552 g/mol. The molecule has 5 rings (SSSR count). The molecule has 0 radical (unpaired) electrons. The summed E-state index contributed by atoms with van der Waals surface area (Å²) < 4.78 is 29.5. The first-order chi connectivity index (χ1) is 19.1. The van der Waals surface area contributed by atoms with Crippen LogP contribution in [-0.2, 0) is 19.6 Å². The van der Waals surface area contributed by atoms with Crippen molar-refractivity contribution in [3.63, 3.8) is 0 Å². The largest absolute Gasteiger partial charge is 0.481 e. The summed E-state index contributed by atoms with van der Waals surface area (Å²) in [7, 11) is -4.23. The van der Waals surface area contributed by atoms with E-state index in [1.807, 2.05) is 47.4 Å². The predicted octanol–water partition coefficient (Wildman–Crippen LogP) is 4.81. The molecule has 1 heterocycles. The van der Waals surface area contributed by atoms with E-state index in [0.717, 1.165) is 21.0 Å². The van der Waals surface area contributed by atoms with Crippen LogP contribution in [-0.4, -0.2) is 71.5 Å². The number of sulfonamides is 1. The molecule has 1 aliphatic heterocycles. The third-order valence-corrected chi connectivity index (χ3v) is 10.3. The molecule has 10 heteroatoms. The van der Waals surface area contributed by atoms with E-state index in [1.165, 1.54) is 12.1 Å². The zero-order valence-corrected chi connectivity index (χ0v) is 23.4. The van der Waals surface area contributed by atoms with Crippen molar-refractivity contribution >= 4 is 33.6 Å². The molecule has 2 aliphatic rings. The second kappa shape index (κ2) is 11.3. The topological polar surface area (TPSA) is 115 Å². The monoisotopic (exact) mass is 582 g/mol. The van der Waals surface area contributed by atoms with Gasteiger partial charge in [0, 0.05) is 30.6 Å². The fourth-order valence-corrected chi connectivity index (χ4v) is 7.66. The molecule has 3 aromatic rings. The van der Waals surface area contributed by atoms with E-state index in [1.54, 1.807) is 24.3 Å². The average Bonchev–Trinajstić information content (AvgIpc) is 3.71. The molecule has 2 fully saturated rings. The number of aliphatic carboxylic acids is 2. The highest BCUT2D eigenvalue weighted by molar-refractivity contribution is 7.89. The molecule has 40 heavy (non-hydrogen) atoms. The zero-order chi connectivity index (χ0) is 28.5. The number of carboxylic acids is 2. The minimum Gasteiger partial charge on any atom is -0.481 e. The third kappa shape index (κ3) is 5.51. The highest BCUT2D eigenvalue weighted by atomic mass is 35.5. The summed E-state index contributed by atoms with van der Waals surface area (Å²) in [6.45, 7) is 1.11. The Morgan fingerprint density at radius 1 is 0.950 bits per heavy atom. The van der Waals surface area contributed by atoms with Gasteiger partial charge in [0.25, 0.3) is 0 Å². The highest BCUT2D eigenvalue weighted by Crippen LogP contribution is 2.57. The number of benzene rings is 3. The van der Waals surface area contributed by atoms with Gasteiger partial charge in [-0.3, -0.25) is 9.59 Å². The number of rotatable bonds is 10. The molecule has 0 spiro atoms. The van der Waals surface area contributed by atoms with Crippen LogP contribution in [0, 0.1) is 5.92 Å². The molecular formula is C30H31ClN2O6S. The molecule has 2 N–H and O–H groups in total. The minimum atomic E-state index is -4.23. The maximum absolute atomic E-state index is 14.2. The van der Waals surface area contributed by atoms with Gasteiger partial charge < -0.3 is 15.1 Å². The molecule has 1 saturated heterocycles. The summed E-state index contributed by atoms with van der Waals surface area (Å²) in [4.78, 5) is 26.3. The van der Waals surface area contributed by atoms with Gasteiger partial charge >= 0.3 is 11.9 Å². The normalized spacial score (nSPS) is 23.1. The lowest BCUT2D eigenvalue weighted by Gasteiger charge is -2.34. The Morgan fingerprint density at radius 3 is 2.17 bits per heavy atom. The Kier molecular flexibility index (Phi) is 8.01. The van der Waals surface area contributed by atoms with Crippen molar-refractivity contribution in [3.05, 3.63) is 89.4 Å². The molecule has 0 aromatic heterocycles. The van der Waals surface area contributed by atoms with Crippen molar-refractivity contribution in [2.24, 2.45) is 5.92 Å². The molecule has 1 aliphatic carbocycles. The van der Waals surface area contributed by atoms with Crippen molar-refractivity contribution in [2.75, 3.05) is 26.2 Å². The summed E-state index contributed by atoms with van der Waals surface area (Å²) in [5.41, 5.74) is 0.817. The molecule has 0 amide bonds. The number of carbonyl (C=O) groups is 2. The van der Waals surface area contributed by atoms with Crippen molar-refractivity contribution in [2.45, 2.75) is 35.6 Å². The van der Waals surface area contributed by atoms with Gasteiger partial charge in [0.1, 0.15) is 5.54 Å². The predicted molar refractivity (Wildman–Crippen MR) is 152 cm³/mol. The van der Waals surface area contributed by atoms with Gasteiger partial charge in [-0.05, 0) is 66.8 Å². The maximum atomic E-state index is 14.2. The molecule has 2 unspecified atom stereocenters. The van der Waals surface area contributed by atoms with E-state index >= 15 is 0 Å². The van der Waals surface area contributed by atoms with Crippen LogP contribution in [0.25, 0.3) is 11.1 Å². The molecule has 1 saturated carbocycles. The van der Waals surface area contributed by atoms with Crippen LogP contribution in [0.4, 0.5) is 0 Å². The Hall–Kier alpha value is -3.24. The first-order valence-electron chi connectivity index (χ1n) is 13.3. The first kappa shape index (κ1) is 28.3. The zero-order valence-electron chi connectivity index (χ0n) is 21.8. The Bertz CT molecular complexity index is 1480. The maximum Gasteiger partial charge on any atom is 0.325 e. The van der Waals surface area contributed by atoms with Crippen molar-refractivity contribution in [3.8, 4) is 11.1 Å². The van der Waals surface area contributed by atoms with E-state index in [0.29, 0.717) is 31.0 Å². The van der Waals surface area contributed by atoms with Crippen LogP contribution in [0.3, 0.4) is 0 Å². The smallest absolute Gasteiger partial charge is 0.325 e. The van der Waals surface area contributed by atoms with Crippen molar-refractivity contribution in [1.82, 2.24) is 9.21 Å². The van der Waals surface area contributed by atoms with Crippen LogP contribution in [0.15, 0.2) is 83.8 Å². The number of carboxylic acid groups (broad SMARTS) is 2. The fourth-order valence-electron chi connectivity index (χ4n) is 5.77. The van der Waals surface area contributed by atoms with E-state index < -0.39 is 39.3 Å². The highest BCUT2D eigenvalue weighted by Gasteiger charge is 2.67. The lowest BCUT2D eigenvalue weighted by Crippen LogP contribution is -2.52. The molecule has 8 nitrogen and oxygen atoms in total. The minimum absolute atomic E-state index is 0.00612. The van der Waals surface area contributed by atoms with Gasteiger partial charge in [0.05, 0.1) is 10.8 Å². The first-order valence-corrected chi connectivity index (χ1v) is 15.1. The number of piperidine rings is 1. The summed E-state index contributed by atoms with van der Waals surface area (Å²) in [6, 6.07) is 22.7. The number of likely N-dealkylation sites (tertiary alicyclic amines) is 1. The van der Waals surface area contributed by atoms with Gasteiger partial charge in [-0.1, -0.05) is 66.2 Å². The van der Waals surface area contributed by atoms with Gasteiger partial charge in [-0.25, -0.2) is 8.42 Å². The van der Waals surface area contributed by atoms with E-state index in [4.69, 9.17) is 11.6 Å². The molecule has 3 atom stereocenters. The summed E-state index contributed by atoms with van der Waals surface area (Å²) in [6.07, 6.45) is 1.42. The fraction of sp³-hybridized carbons (Fsp3) is 0.333. The Morgan fingerprint density at radius 2 is 1.57 bits per heavy atom. The Labute approximate surface area is 238 Å². The standard InChI is InChI=1S/C30H31ClN2O6S/c31-25-12-8-21(9-13-25)22-10-14-26(15-11-22)40(38,39)33(18-17-32-16-4-7-24(20-32)28(34)35)30(29(36)37)19-27(30)23-5-2-1-3-6-23/h1-3,5-6,8-15,24,27H,4,7,16-20H2,(H,34,35)(H,36,37)/t24-,27?,30?/m0/s1. The number of nitrogens with zero attached hydrogens (tertiary/aromatic N) is 2. The van der Waals surface area contributed by atoms with Crippen LogP contribution in [0.2, 0.25) is 5.02 Å². The molecule has 210 valence electrons. The molecule has 0 bridgehead atoms. The quantitative estimate of drug-likeness (QED) is 0.353. The van der Waals surface area contributed by atoms with Crippen molar-refractivity contribution < 1.29 is 28.2 Å². The van der Waals surface area contributed by atoms with Crippen LogP contribution >= 0.6 is 11.6 Å². The van der Waals surface area contributed by atoms with Crippen LogP contribution in [0.5, 0.6) is 0 Å². The van der Waals surface area contributed by atoms with Gasteiger partial charge in [-0.2, -0.15) is 4.31 Å². The van der Waals surface area contributed by atoms with E-state index in [-0.39, 0.29) is 24.4 Å². The van der Waals surface area contributed by atoms with E-state index in [9.17, 15) is 28.2 Å². The second-order valence-corrected chi connectivity index (χ2v) is 12.8.